The summed E-state index contributed by atoms with van der Waals surface area (Å²) in [6.45, 7) is 14.2. The molecule has 0 heterocycles. The second-order valence-corrected chi connectivity index (χ2v) is 9.02. The van der Waals surface area contributed by atoms with Gasteiger partial charge in [0.15, 0.2) is 0 Å². The van der Waals surface area contributed by atoms with Gasteiger partial charge < -0.3 is 5.41 Å². The molecule has 0 saturated carbocycles. The molecule has 0 aliphatic rings. The largest absolute Gasteiger partial charge is 0.310 e. The quantitative estimate of drug-likeness (QED) is 0.293. The molecule has 4 aromatic carbocycles. The molecular formula is C34H39N. The zero-order chi connectivity index (χ0) is 25.8. The summed E-state index contributed by atoms with van der Waals surface area (Å²) in [5.41, 5.74) is 12.6. The summed E-state index contributed by atoms with van der Waals surface area (Å²) in [4.78, 5) is 0. The number of allylic oxidation sites excluding steroid dienone is 1. The van der Waals surface area contributed by atoms with Crippen LogP contribution in [0.5, 0.6) is 0 Å². The normalized spacial score (nSPS) is 10.1. The van der Waals surface area contributed by atoms with Crippen molar-refractivity contribution in [2.75, 3.05) is 0 Å². The summed E-state index contributed by atoms with van der Waals surface area (Å²) in [6, 6.07) is 32.0. The third-order valence-electron chi connectivity index (χ3n) is 5.63. The number of rotatable bonds is 3. The molecule has 0 saturated heterocycles. The average molecular weight is 462 g/mol. The third kappa shape index (κ3) is 8.54. The standard InChI is InChI=1S/C18H20.C13H12.C3H7N/c1-5-8-16-12-11-14(3)18(15(16)4)17-10-7-6-9-13(17)2;1-11-7-9-13(10-8-11)12-5-3-2-4-6-12;1-3(2)4/h5-12H,1-4H3;2-10H,1H3;4H,1-2H3/b8-5-;;. The van der Waals surface area contributed by atoms with Crippen LogP contribution in [0, 0.1) is 33.1 Å². The van der Waals surface area contributed by atoms with E-state index in [-0.39, 0.29) is 0 Å². The predicted molar refractivity (Wildman–Crippen MR) is 156 cm³/mol. The molecule has 0 fully saturated rings. The first-order valence-electron chi connectivity index (χ1n) is 12.2. The summed E-state index contributed by atoms with van der Waals surface area (Å²) in [5, 5.41) is 6.50. The first kappa shape index (κ1) is 27.5. The summed E-state index contributed by atoms with van der Waals surface area (Å²) >= 11 is 0. The maximum absolute atomic E-state index is 6.50. The molecule has 0 bridgehead atoms. The Labute approximate surface area is 212 Å². The fourth-order valence-electron chi connectivity index (χ4n) is 3.87. The fourth-order valence-corrected chi connectivity index (χ4v) is 3.87. The summed E-state index contributed by atoms with van der Waals surface area (Å²) in [7, 11) is 0. The molecule has 35 heavy (non-hydrogen) atoms. The molecule has 4 rings (SSSR count). The van der Waals surface area contributed by atoms with E-state index in [0.717, 1.165) is 0 Å². The minimum Gasteiger partial charge on any atom is -0.310 e. The molecule has 0 amide bonds. The highest BCUT2D eigenvalue weighted by atomic mass is 14.3. The maximum atomic E-state index is 6.50. The number of hydrogen-bond donors (Lipinski definition) is 1. The van der Waals surface area contributed by atoms with Gasteiger partial charge in [0.05, 0.1) is 0 Å². The van der Waals surface area contributed by atoms with Crippen LogP contribution in [-0.4, -0.2) is 5.71 Å². The highest BCUT2D eigenvalue weighted by Crippen LogP contribution is 2.32. The molecule has 0 aromatic heterocycles. The molecular weight excluding hydrogens is 422 g/mol. The second-order valence-electron chi connectivity index (χ2n) is 9.02. The van der Waals surface area contributed by atoms with Crippen molar-refractivity contribution in [3.63, 3.8) is 0 Å². The van der Waals surface area contributed by atoms with Crippen LogP contribution in [-0.2, 0) is 0 Å². The van der Waals surface area contributed by atoms with Gasteiger partial charge in [-0.2, -0.15) is 0 Å². The lowest BCUT2D eigenvalue weighted by Crippen LogP contribution is -1.93. The molecule has 1 heteroatoms. The molecule has 1 nitrogen and oxygen atoms in total. The topological polar surface area (TPSA) is 23.9 Å². The van der Waals surface area contributed by atoms with Gasteiger partial charge in [0, 0.05) is 5.71 Å². The Balaban J connectivity index is 0.000000222. The highest BCUT2D eigenvalue weighted by molar-refractivity contribution is 5.77. The van der Waals surface area contributed by atoms with Crippen molar-refractivity contribution in [3.05, 3.63) is 125 Å². The Morgan fingerprint density at radius 2 is 1.17 bits per heavy atom. The molecule has 4 aromatic rings. The monoisotopic (exact) mass is 461 g/mol. The van der Waals surface area contributed by atoms with Crippen molar-refractivity contribution in [1.82, 2.24) is 0 Å². The molecule has 0 unspecified atom stereocenters. The zero-order valence-corrected chi connectivity index (χ0v) is 22.3. The van der Waals surface area contributed by atoms with E-state index in [1.807, 2.05) is 6.07 Å². The zero-order valence-electron chi connectivity index (χ0n) is 22.3. The smallest absolute Gasteiger partial charge is 0.00272 e. The van der Waals surface area contributed by atoms with Crippen LogP contribution in [0.2, 0.25) is 0 Å². The van der Waals surface area contributed by atoms with Crippen molar-refractivity contribution < 1.29 is 0 Å². The molecule has 180 valence electrons. The summed E-state index contributed by atoms with van der Waals surface area (Å²) in [5.74, 6) is 0. The molecule has 0 aliphatic heterocycles. The Bertz CT molecular complexity index is 1240. The number of hydrogen-bond acceptors (Lipinski definition) is 1. The van der Waals surface area contributed by atoms with E-state index in [0.29, 0.717) is 5.71 Å². The fraction of sp³-hybridized carbons (Fsp3) is 0.206. The Morgan fingerprint density at radius 3 is 1.74 bits per heavy atom. The highest BCUT2D eigenvalue weighted by Gasteiger charge is 2.09. The van der Waals surface area contributed by atoms with Crippen molar-refractivity contribution in [1.29, 1.82) is 5.41 Å². The van der Waals surface area contributed by atoms with E-state index in [2.05, 4.69) is 132 Å². The van der Waals surface area contributed by atoms with Crippen molar-refractivity contribution in [2.24, 2.45) is 0 Å². The van der Waals surface area contributed by atoms with Crippen LogP contribution in [0.4, 0.5) is 0 Å². The van der Waals surface area contributed by atoms with Gasteiger partial charge in [-0.15, -0.1) is 0 Å². The minimum atomic E-state index is 0.667. The molecule has 1 N–H and O–H groups in total. The Kier molecular flexibility index (Phi) is 10.9. The van der Waals surface area contributed by atoms with Crippen molar-refractivity contribution in [2.45, 2.75) is 48.5 Å². The molecule has 0 atom stereocenters. The van der Waals surface area contributed by atoms with Gasteiger partial charge in [0.1, 0.15) is 0 Å². The summed E-state index contributed by atoms with van der Waals surface area (Å²) in [6.07, 6.45) is 4.27. The number of aryl methyl sites for hydroxylation is 3. The van der Waals surface area contributed by atoms with Gasteiger partial charge in [0.2, 0.25) is 0 Å². The first-order valence-corrected chi connectivity index (χ1v) is 12.2. The third-order valence-corrected chi connectivity index (χ3v) is 5.63. The molecule has 0 spiro atoms. The van der Waals surface area contributed by atoms with Crippen LogP contribution in [0.25, 0.3) is 28.3 Å². The van der Waals surface area contributed by atoms with Crippen molar-refractivity contribution in [3.8, 4) is 22.3 Å². The molecule has 0 radical (unpaired) electrons. The summed E-state index contributed by atoms with van der Waals surface area (Å²) < 4.78 is 0. The van der Waals surface area contributed by atoms with E-state index in [1.165, 1.54) is 50.1 Å². The van der Waals surface area contributed by atoms with E-state index < -0.39 is 0 Å². The molecule has 0 aliphatic carbocycles. The average Bonchev–Trinajstić information content (AvgIpc) is 2.83. The van der Waals surface area contributed by atoms with Crippen LogP contribution in [0.1, 0.15) is 48.6 Å². The Hall–Kier alpha value is -3.71. The van der Waals surface area contributed by atoms with Gasteiger partial charge in [-0.05, 0) is 93.0 Å². The van der Waals surface area contributed by atoms with Gasteiger partial charge in [-0.25, -0.2) is 0 Å². The lowest BCUT2D eigenvalue weighted by Gasteiger charge is -2.15. The first-order chi connectivity index (χ1) is 16.7. The SMILES string of the molecule is C/C=C\c1ccc(C)c(-c2ccccc2C)c1C.CC(C)=N.Cc1ccc(-c2ccccc2)cc1. The van der Waals surface area contributed by atoms with E-state index in [9.17, 15) is 0 Å². The van der Waals surface area contributed by atoms with Gasteiger partial charge >= 0.3 is 0 Å². The van der Waals surface area contributed by atoms with E-state index in [4.69, 9.17) is 5.41 Å². The minimum absolute atomic E-state index is 0.667. The van der Waals surface area contributed by atoms with E-state index >= 15 is 0 Å². The Morgan fingerprint density at radius 1 is 0.629 bits per heavy atom. The van der Waals surface area contributed by atoms with Crippen LogP contribution in [0.3, 0.4) is 0 Å². The van der Waals surface area contributed by atoms with Gasteiger partial charge in [0.25, 0.3) is 0 Å². The number of benzene rings is 4. The lowest BCUT2D eigenvalue weighted by molar-refractivity contribution is 1.34. The number of nitrogens with one attached hydrogen (secondary N) is 1. The maximum Gasteiger partial charge on any atom is 0.00272 e. The van der Waals surface area contributed by atoms with Crippen LogP contribution >= 0.6 is 0 Å². The second kappa shape index (κ2) is 13.9. The van der Waals surface area contributed by atoms with Gasteiger partial charge in [-0.3, -0.25) is 0 Å². The van der Waals surface area contributed by atoms with Crippen molar-refractivity contribution >= 4 is 11.8 Å². The lowest BCUT2D eigenvalue weighted by atomic mass is 9.90. The predicted octanol–water partition coefficient (Wildman–Crippen LogP) is 10.0. The van der Waals surface area contributed by atoms with Gasteiger partial charge in [-0.1, -0.05) is 109 Å². The van der Waals surface area contributed by atoms with Crippen LogP contribution < -0.4 is 0 Å². The van der Waals surface area contributed by atoms with E-state index in [1.54, 1.807) is 13.8 Å². The van der Waals surface area contributed by atoms with Crippen LogP contribution in [0.15, 0.2) is 97.1 Å².